The maximum Gasteiger partial charge on any atom is 0.266 e. The number of likely N-dealkylation sites (N-methyl/N-ethyl adjacent to an activating group) is 2. The minimum atomic E-state index is 0.392. The second-order valence-electron chi connectivity index (χ2n) is 5.92. The third kappa shape index (κ3) is 2.81. The van der Waals surface area contributed by atoms with Gasteiger partial charge in [0, 0.05) is 32.2 Å². The fourth-order valence-corrected chi connectivity index (χ4v) is 3.27. The zero-order valence-corrected chi connectivity index (χ0v) is 12.5. The normalized spacial score (nSPS) is 28.2. The molecule has 0 spiro atoms. The zero-order chi connectivity index (χ0) is 13.9. The van der Waals surface area contributed by atoms with Crippen molar-refractivity contribution in [3.8, 4) is 0 Å². The molecular formula is C14H25N5O. The quantitative estimate of drug-likeness (QED) is 0.889. The zero-order valence-electron chi connectivity index (χ0n) is 12.5. The summed E-state index contributed by atoms with van der Waals surface area (Å²) in [4.78, 5) is 9.22. The van der Waals surface area contributed by atoms with Crippen molar-refractivity contribution in [3.63, 3.8) is 0 Å². The first-order valence-electron chi connectivity index (χ1n) is 7.78. The first-order chi connectivity index (χ1) is 9.78. The highest BCUT2D eigenvalue weighted by molar-refractivity contribution is 5.29. The maximum atomic E-state index is 5.55. The van der Waals surface area contributed by atoms with Crippen molar-refractivity contribution >= 4 is 5.95 Å². The summed E-state index contributed by atoms with van der Waals surface area (Å²) in [5.41, 5.74) is 0. The van der Waals surface area contributed by atoms with E-state index in [9.17, 15) is 0 Å². The van der Waals surface area contributed by atoms with Crippen LogP contribution in [0.25, 0.3) is 0 Å². The van der Waals surface area contributed by atoms with Gasteiger partial charge >= 0.3 is 0 Å². The Kier molecular flexibility index (Phi) is 4.21. The number of anilines is 1. The summed E-state index contributed by atoms with van der Waals surface area (Å²) in [7, 11) is 2.15. The second kappa shape index (κ2) is 6.10. The monoisotopic (exact) mass is 279 g/mol. The molecule has 0 radical (unpaired) electrons. The Morgan fingerprint density at radius 1 is 1.25 bits per heavy atom. The lowest BCUT2D eigenvalue weighted by molar-refractivity contribution is 0.306. The topological polar surface area (TPSA) is 57.4 Å². The highest BCUT2D eigenvalue weighted by atomic mass is 16.5. The van der Waals surface area contributed by atoms with Gasteiger partial charge in [0.2, 0.25) is 5.89 Å². The molecule has 1 aliphatic heterocycles. The molecule has 6 nitrogen and oxygen atoms in total. The minimum absolute atomic E-state index is 0.392. The van der Waals surface area contributed by atoms with E-state index in [0.29, 0.717) is 12.0 Å². The summed E-state index contributed by atoms with van der Waals surface area (Å²) >= 11 is 0. The molecule has 1 aromatic rings. The van der Waals surface area contributed by atoms with Gasteiger partial charge in [-0.15, -0.1) is 0 Å². The predicted molar refractivity (Wildman–Crippen MR) is 78.1 cm³/mol. The van der Waals surface area contributed by atoms with Gasteiger partial charge in [-0.05, 0) is 31.6 Å². The second-order valence-corrected chi connectivity index (χ2v) is 5.92. The van der Waals surface area contributed by atoms with Crippen molar-refractivity contribution in [2.24, 2.45) is 0 Å². The molecule has 2 aliphatic rings. The van der Waals surface area contributed by atoms with Crippen LogP contribution in [0.2, 0.25) is 0 Å². The van der Waals surface area contributed by atoms with Crippen molar-refractivity contribution in [1.29, 1.82) is 0 Å². The van der Waals surface area contributed by atoms with Crippen molar-refractivity contribution in [1.82, 2.24) is 20.4 Å². The Labute approximate surface area is 120 Å². The summed E-state index contributed by atoms with van der Waals surface area (Å²) in [5.74, 6) is 1.99. The standard InChI is InChI=1S/C14H25N5O/c1-3-15-12-6-4-5-11(12)13-16-14(17-20-13)19-9-7-18(2)8-10-19/h11-12,15H,3-10H2,1-2H3. The van der Waals surface area contributed by atoms with E-state index in [1.54, 1.807) is 0 Å². The summed E-state index contributed by atoms with van der Waals surface area (Å²) in [6, 6.07) is 0.501. The molecule has 1 N–H and O–H groups in total. The van der Waals surface area contributed by atoms with E-state index in [1.807, 2.05) is 0 Å². The van der Waals surface area contributed by atoms with Crippen LogP contribution in [0.4, 0.5) is 5.95 Å². The molecule has 2 unspecified atom stereocenters. The molecule has 2 atom stereocenters. The third-order valence-corrected chi connectivity index (χ3v) is 4.52. The van der Waals surface area contributed by atoms with Crippen molar-refractivity contribution in [2.75, 3.05) is 44.7 Å². The fourth-order valence-electron chi connectivity index (χ4n) is 3.27. The van der Waals surface area contributed by atoms with E-state index < -0.39 is 0 Å². The average molecular weight is 279 g/mol. The predicted octanol–water partition coefficient (Wildman–Crippen LogP) is 1.07. The average Bonchev–Trinajstić information content (AvgIpc) is 3.08. The molecule has 1 aromatic heterocycles. The molecular weight excluding hydrogens is 254 g/mol. The SMILES string of the molecule is CCNC1CCCC1c1nc(N2CCN(C)CC2)no1. The maximum absolute atomic E-state index is 5.55. The molecule has 112 valence electrons. The third-order valence-electron chi connectivity index (χ3n) is 4.52. The summed E-state index contributed by atoms with van der Waals surface area (Å²) in [6.07, 6.45) is 3.61. The Morgan fingerprint density at radius 3 is 2.80 bits per heavy atom. The molecule has 1 saturated carbocycles. The molecule has 1 aliphatic carbocycles. The first-order valence-corrected chi connectivity index (χ1v) is 7.78. The van der Waals surface area contributed by atoms with Crippen molar-refractivity contribution < 1.29 is 4.52 Å². The van der Waals surface area contributed by atoms with Crippen LogP contribution >= 0.6 is 0 Å². The van der Waals surface area contributed by atoms with Gasteiger partial charge in [0.1, 0.15) is 0 Å². The largest absolute Gasteiger partial charge is 0.337 e. The molecule has 3 rings (SSSR count). The van der Waals surface area contributed by atoms with Gasteiger partial charge in [-0.25, -0.2) is 0 Å². The molecule has 2 fully saturated rings. The van der Waals surface area contributed by atoms with Gasteiger partial charge in [-0.3, -0.25) is 0 Å². The summed E-state index contributed by atoms with van der Waals surface area (Å²) < 4.78 is 5.55. The van der Waals surface area contributed by atoms with Crippen LogP contribution in [0.1, 0.15) is 38.0 Å². The van der Waals surface area contributed by atoms with Gasteiger partial charge in [-0.2, -0.15) is 4.98 Å². The Bertz CT molecular complexity index is 427. The first kappa shape index (κ1) is 13.8. The van der Waals surface area contributed by atoms with Crippen LogP contribution in [-0.4, -0.2) is 60.9 Å². The fraction of sp³-hybridized carbons (Fsp3) is 0.857. The van der Waals surface area contributed by atoms with Crippen LogP contribution in [0.3, 0.4) is 0 Å². The van der Waals surface area contributed by atoms with Crippen LogP contribution < -0.4 is 10.2 Å². The number of aromatic nitrogens is 2. The minimum Gasteiger partial charge on any atom is -0.337 e. The molecule has 2 heterocycles. The Hall–Kier alpha value is -1.14. The Morgan fingerprint density at radius 2 is 2.05 bits per heavy atom. The van der Waals surface area contributed by atoms with E-state index in [-0.39, 0.29) is 0 Å². The van der Waals surface area contributed by atoms with Gasteiger partial charge < -0.3 is 19.6 Å². The molecule has 0 amide bonds. The lowest BCUT2D eigenvalue weighted by Gasteiger charge is -2.31. The Balaban J connectivity index is 1.67. The van der Waals surface area contributed by atoms with Crippen molar-refractivity contribution in [3.05, 3.63) is 5.89 Å². The molecule has 0 aromatic carbocycles. The summed E-state index contributed by atoms with van der Waals surface area (Å²) in [6.45, 7) is 7.24. The lowest BCUT2D eigenvalue weighted by Crippen LogP contribution is -2.45. The number of rotatable bonds is 4. The van der Waals surface area contributed by atoms with E-state index >= 15 is 0 Å². The molecule has 1 saturated heterocycles. The molecule has 0 bridgehead atoms. The van der Waals surface area contributed by atoms with Gasteiger partial charge in [0.25, 0.3) is 5.95 Å². The van der Waals surface area contributed by atoms with Crippen LogP contribution in [0, 0.1) is 0 Å². The molecule has 6 heteroatoms. The number of hydrogen-bond acceptors (Lipinski definition) is 6. The van der Waals surface area contributed by atoms with E-state index in [0.717, 1.165) is 51.0 Å². The van der Waals surface area contributed by atoms with Gasteiger partial charge in [0.05, 0.1) is 5.92 Å². The van der Waals surface area contributed by atoms with E-state index in [2.05, 4.69) is 39.2 Å². The van der Waals surface area contributed by atoms with Gasteiger partial charge in [0.15, 0.2) is 0 Å². The molecule has 20 heavy (non-hydrogen) atoms. The van der Waals surface area contributed by atoms with Crippen LogP contribution in [0.15, 0.2) is 4.52 Å². The van der Waals surface area contributed by atoms with Crippen LogP contribution in [0.5, 0.6) is 0 Å². The van der Waals surface area contributed by atoms with Gasteiger partial charge in [-0.1, -0.05) is 13.3 Å². The highest BCUT2D eigenvalue weighted by Gasteiger charge is 2.33. The smallest absolute Gasteiger partial charge is 0.266 e. The number of piperazine rings is 1. The number of hydrogen-bond donors (Lipinski definition) is 1. The lowest BCUT2D eigenvalue weighted by atomic mass is 10.0. The van der Waals surface area contributed by atoms with E-state index in [4.69, 9.17) is 4.52 Å². The number of nitrogens with one attached hydrogen (secondary N) is 1. The highest BCUT2D eigenvalue weighted by Crippen LogP contribution is 2.34. The number of nitrogens with zero attached hydrogens (tertiary/aromatic N) is 4. The van der Waals surface area contributed by atoms with Crippen LogP contribution in [-0.2, 0) is 0 Å². The summed E-state index contributed by atoms with van der Waals surface area (Å²) in [5, 5.41) is 7.74. The van der Waals surface area contributed by atoms with E-state index in [1.165, 1.54) is 12.8 Å². The van der Waals surface area contributed by atoms with Crippen molar-refractivity contribution in [2.45, 2.75) is 38.1 Å².